The van der Waals surface area contributed by atoms with Crippen LogP contribution in [0.3, 0.4) is 0 Å². The van der Waals surface area contributed by atoms with Crippen molar-refractivity contribution in [3.05, 3.63) is 49.3 Å². The fourth-order valence-corrected chi connectivity index (χ4v) is 10.8. The van der Waals surface area contributed by atoms with Crippen LogP contribution in [0.5, 0.6) is 5.75 Å². The number of hydrogen-bond acceptors (Lipinski definition) is 6. The molecular formula is C33H45O7ReS2-. The SMILES string of the molecule is CCSC(CCCCCC[C@@H]1Cc2cc(O)ccc2C2CC[C@@]3(C)C(CC[C@@H]3O)C21)(SCC)C(=O)[O-].[C-]#[O+].[C-]#[O+].[C-]#[O+].[Re]. The maximum absolute atomic E-state index is 11.9. The first-order valence-corrected chi connectivity index (χ1v) is 16.8. The predicted molar refractivity (Wildman–Crippen MR) is 161 cm³/mol. The Hall–Kier alpha value is -0.968. The zero-order valence-electron chi connectivity index (χ0n) is 25.4. The van der Waals surface area contributed by atoms with Crippen LogP contribution in [0.4, 0.5) is 0 Å². The Kier molecular flexibility index (Phi) is 20.5. The number of aliphatic hydroxyl groups is 1. The minimum absolute atomic E-state index is 0. The second kappa shape index (κ2) is 20.9. The number of rotatable bonds is 12. The van der Waals surface area contributed by atoms with Gasteiger partial charge < -0.3 is 20.1 Å². The second-order valence-electron chi connectivity index (χ2n) is 11.6. The Morgan fingerprint density at radius 3 is 2.21 bits per heavy atom. The molecule has 0 amide bonds. The van der Waals surface area contributed by atoms with Crippen molar-refractivity contribution in [3.8, 4) is 5.75 Å². The van der Waals surface area contributed by atoms with Crippen molar-refractivity contribution >= 4 is 29.5 Å². The summed E-state index contributed by atoms with van der Waals surface area (Å²) in [6.45, 7) is 19.9. The van der Waals surface area contributed by atoms with Crippen LogP contribution >= 0.6 is 23.5 Å². The van der Waals surface area contributed by atoms with E-state index in [4.69, 9.17) is 14.0 Å². The second-order valence-corrected chi connectivity index (χ2v) is 15.0. The molecule has 7 nitrogen and oxygen atoms in total. The molecule has 239 valence electrons. The van der Waals surface area contributed by atoms with E-state index in [2.05, 4.69) is 32.9 Å². The molecule has 3 unspecified atom stereocenters. The molecule has 2 N–H and O–H groups in total. The van der Waals surface area contributed by atoms with Gasteiger partial charge in [0.25, 0.3) is 0 Å². The summed E-state index contributed by atoms with van der Waals surface area (Å²) in [7, 11) is 0. The Balaban J connectivity index is 0.00000237. The molecule has 3 aliphatic carbocycles. The van der Waals surface area contributed by atoms with E-state index in [9.17, 15) is 20.1 Å². The quantitative estimate of drug-likeness (QED) is 0.115. The van der Waals surface area contributed by atoms with Crippen LogP contribution in [-0.2, 0) is 45.6 Å². The summed E-state index contributed by atoms with van der Waals surface area (Å²) in [5.41, 5.74) is 2.82. The zero-order chi connectivity index (χ0) is 31.9. The van der Waals surface area contributed by atoms with Gasteiger partial charge in [-0.1, -0.05) is 52.5 Å². The topological polar surface area (TPSA) is 140 Å². The number of fused-ring (bicyclic) bond motifs is 5. The van der Waals surface area contributed by atoms with E-state index >= 15 is 0 Å². The Bertz CT molecular complexity index is 1030. The van der Waals surface area contributed by atoms with Gasteiger partial charge in [-0.15, -0.1) is 23.5 Å². The molecule has 4 rings (SSSR count). The largest absolute Gasteiger partial charge is 0 e. The van der Waals surface area contributed by atoms with Crippen LogP contribution in [0, 0.1) is 43.1 Å². The maximum Gasteiger partial charge on any atom is 0 e. The summed E-state index contributed by atoms with van der Waals surface area (Å²) in [6, 6.07) is 6.01. The molecule has 2 fully saturated rings. The molecule has 2 saturated carbocycles. The number of hydrogen-bond donors (Lipinski definition) is 2. The van der Waals surface area contributed by atoms with Gasteiger partial charge in [-0.25, -0.2) is 0 Å². The Labute approximate surface area is 279 Å². The van der Waals surface area contributed by atoms with Gasteiger partial charge in [-0.05, 0) is 109 Å². The van der Waals surface area contributed by atoms with Crippen molar-refractivity contribution in [3.63, 3.8) is 0 Å². The molecular weight excluding hydrogens is 759 g/mol. The predicted octanol–water partition coefficient (Wildman–Crippen LogP) is 6.01. The average molecular weight is 804 g/mol. The van der Waals surface area contributed by atoms with E-state index in [1.807, 2.05) is 26.0 Å². The number of benzene rings is 1. The van der Waals surface area contributed by atoms with Crippen LogP contribution in [0.25, 0.3) is 0 Å². The fraction of sp³-hybridized carbons (Fsp3) is 0.697. The molecule has 1 aromatic carbocycles. The standard InChI is InChI=1S/C30H46O4S2.3CO.Re/c1-4-35-30(28(33)34,36-5-2)16-9-7-6-8-10-20-18-21-19-22(31)11-12-23(21)24-15-17-29(3)25(27(20)24)13-14-26(29)32;3*1-2;/h11-12,19-20,24-27,31-32H,4-10,13-18H2,1-3H3,(H,33,34);;;;/p-1/t20-,24?,25?,26+,27?,29+;;;;/m1..../s1. The number of carboxylic acid groups (broad SMARTS) is 1. The van der Waals surface area contributed by atoms with Crippen LogP contribution in [0.1, 0.15) is 102 Å². The van der Waals surface area contributed by atoms with Crippen molar-refractivity contribution in [2.75, 3.05) is 11.5 Å². The number of aliphatic carboxylic acids is 1. The number of carboxylic acids is 1. The van der Waals surface area contributed by atoms with Gasteiger partial charge in [-0.2, -0.15) is 0 Å². The molecule has 43 heavy (non-hydrogen) atoms. The minimum atomic E-state index is -0.921. The van der Waals surface area contributed by atoms with E-state index in [1.54, 1.807) is 0 Å². The molecule has 0 heterocycles. The number of unbranched alkanes of at least 4 members (excludes halogenated alkanes) is 3. The van der Waals surface area contributed by atoms with E-state index < -0.39 is 10.0 Å². The normalized spacial score (nSPS) is 26.5. The van der Waals surface area contributed by atoms with Gasteiger partial charge in [-0.3, -0.25) is 0 Å². The number of aliphatic hydroxyl groups excluding tert-OH is 1. The minimum Gasteiger partial charge on any atom is 0 e. The van der Waals surface area contributed by atoms with Crippen molar-refractivity contribution in [1.29, 1.82) is 0 Å². The van der Waals surface area contributed by atoms with Gasteiger partial charge in [0, 0.05) is 20.4 Å². The molecule has 3 aliphatic rings. The number of phenols is 1. The smallest absolute Gasteiger partial charge is 0 e. The number of aromatic hydroxyl groups is 1. The molecule has 0 saturated heterocycles. The number of carbonyl (C=O) groups excluding carboxylic acids is 1. The van der Waals surface area contributed by atoms with Crippen LogP contribution < -0.4 is 5.11 Å². The van der Waals surface area contributed by atoms with E-state index in [0.29, 0.717) is 35.8 Å². The Morgan fingerprint density at radius 1 is 1.02 bits per heavy atom. The zero-order valence-corrected chi connectivity index (χ0v) is 29.8. The number of thioether (sulfide) groups is 2. The molecule has 0 aliphatic heterocycles. The summed E-state index contributed by atoms with van der Waals surface area (Å²) in [6.07, 6.45) is 11.3. The first kappa shape index (κ1) is 42.0. The summed E-state index contributed by atoms with van der Waals surface area (Å²) >= 11 is 3.04. The first-order valence-electron chi connectivity index (χ1n) is 14.9. The Morgan fingerprint density at radius 2 is 1.63 bits per heavy atom. The third-order valence-electron chi connectivity index (χ3n) is 9.73. The van der Waals surface area contributed by atoms with Gasteiger partial charge in [0.15, 0.2) is 0 Å². The summed E-state index contributed by atoms with van der Waals surface area (Å²) in [5, 5.41) is 33.0. The van der Waals surface area contributed by atoms with Crippen molar-refractivity contribution in [2.24, 2.45) is 23.2 Å². The molecule has 0 aromatic heterocycles. The molecule has 1 aromatic rings. The monoisotopic (exact) mass is 804 g/mol. The molecule has 1 radical (unpaired) electrons. The van der Waals surface area contributed by atoms with Crippen molar-refractivity contribution < 1.29 is 54.5 Å². The summed E-state index contributed by atoms with van der Waals surface area (Å²) in [5.74, 6) is 3.36. The number of phenolic OH excluding ortho intramolecular Hbond substituents is 1. The van der Waals surface area contributed by atoms with E-state index in [1.165, 1.54) is 41.1 Å². The van der Waals surface area contributed by atoms with Crippen molar-refractivity contribution in [1.82, 2.24) is 0 Å². The fourth-order valence-electron chi connectivity index (χ4n) is 8.02. The van der Waals surface area contributed by atoms with Gasteiger partial charge in [0.2, 0.25) is 0 Å². The summed E-state index contributed by atoms with van der Waals surface area (Å²) in [4.78, 5) is 11.9. The molecule has 10 heteroatoms. The third kappa shape index (κ3) is 10.0. The van der Waals surface area contributed by atoms with Gasteiger partial charge in [0.1, 0.15) is 9.83 Å². The van der Waals surface area contributed by atoms with Crippen LogP contribution in [0.15, 0.2) is 18.2 Å². The maximum atomic E-state index is 11.9. The third-order valence-corrected chi connectivity index (χ3v) is 12.7. The number of carbonyl (C=O) groups is 1. The van der Waals surface area contributed by atoms with Crippen LogP contribution in [0.2, 0.25) is 0 Å². The molecule has 0 bridgehead atoms. The van der Waals surface area contributed by atoms with Gasteiger partial charge in [0.05, 0.1) is 12.1 Å². The average Bonchev–Trinajstić information content (AvgIpc) is 3.31. The van der Waals surface area contributed by atoms with Crippen molar-refractivity contribution in [2.45, 2.75) is 108 Å². The van der Waals surface area contributed by atoms with E-state index in [0.717, 1.165) is 69.3 Å². The first-order chi connectivity index (χ1) is 20.3. The van der Waals surface area contributed by atoms with E-state index in [-0.39, 0.29) is 31.9 Å². The van der Waals surface area contributed by atoms with Crippen LogP contribution in [-0.4, -0.2) is 37.9 Å². The molecule has 0 spiro atoms. The van der Waals surface area contributed by atoms with Gasteiger partial charge >= 0.3 is 33.9 Å². The summed E-state index contributed by atoms with van der Waals surface area (Å²) < 4.78 is 21.7. The molecule has 6 atom stereocenters.